The van der Waals surface area contributed by atoms with Gasteiger partial charge in [0.05, 0.1) is 12.2 Å². The number of halogens is 1. The van der Waals surface area contributed by atoms with E-state index < -0.39 is 20.5 Å². The molecule has 3 rings (SSSR count). The summed E-state index contributed by atoms with van der Waals surface area (Å²) >= 11 is 1.28. The third-order valence-electron chi connectivity index (χ3n) is 4.34. The smallest absolute Gasteiger partial charge is 0.245 e. The van der Waals surface area contributed by atoms with Gasteiger partial charge in [-0.3, -0.25) is 10.0 Å². The number of amides is 1. The lowest BCUT2D eigenvalue weighted by Gasteiger charge is -2.25. The van der Waals surface area contributed by atoms with Gasteiger partial charge in [0.2, 0.25) is 5.91 Å². The molecule has 1 aliphatic heterocycles. The molecular weight excluding hydrogens is 353 g/mol. The monoisotopic (exact) mass is 369 g/mol. The Hall–Kier alpha value is -1.77. The van der Waals surface area contributed by atoms with Gasteiger partial charge < -0.3 is 0 Å². The molecule has 24 heavy (non-hydrogen) atoms. The minimum absolute atomic E-state index is 0.0233. The molecule has 128 valence electrons. The average molecular weight is 369 g/mol. The molecule has 2 N–H and O–H groups in total. The van der Waals surface area contributed by atoms with Gasteiger partial charge >= 0.3 is 0 Å². The highest BCUT2D eigenvalue weighted by molar-refractivity contribution is 7.92. The average Bonchev–Trinajstić information content (AvgIpc) is 3.14. The highest BCUT2D eigenvalue weighted by Gasteiger charge is 2.51. The molecule has 2 aromatic rings. The van der Waals surface area contributed by atoms with Crippen molar-refractivity contribution < 1.29 is 22.8 Å². The number of rotatable bonds is 4. The van der Waals surface area contributed by atoms with Crippen molar-refractivity contribution in [3.8, 4) is 10.4 Å². The standard InChI is InChI=1S/C16H16FNO4S2/c17-12-4-2-11(3-5-12)13-6-7-14(23-13)16(10-15(19)18-20)8-1-9-24(16,21)22/h2-7,20H,1,8-10H2,(H,18,19)/t16-/m0/s1. The summed E-state index contributed by atoms with van der Waals surface area (Å²) in [5.74, 6) is -1.04. The SMILES string of the molecule is O=C(C[C@]1(c2ccc(-c3ccc(F)cc3)s2)CCCS1(=O)=O)NO. The Bertz CT molecular complexity index is 860. The van der Waals surface area contributed by atoms with Gasteiger partial charge in [0, 0.05) is 9.75 Å². The molecule has 0 aliphatic carbocycles. The molecule has 1 atom stereocenters. The largest absolute Gasteiger partial charge is 0.289 e. The zero-order chi connectivity index (χ0) is 17.4. The molecule has 0 radical (unpaired) electrons. The van der Waals surface area contributed by atoms with Crippen LogP contribution >= 0.6 is 11.3 Å². The van der Waals surface area contributed by atoms with Gasteiger partial charge in [-0.25, -0.2) is 18.3 Å². The van der Waals surface area contributed by atoms with Crippen molar-refractivity contribution in [1.29, 1.82) is 0 Å². The molecule has 1 fully saturated rings. The number of nitrogens with one attached hydrogen (secondary N) is 1. The normalized spacial score (nSPS) is 22.4. The quantitative estimate of drug-likeness (QED) is 0.641. The minimum atomic E-state index is -3.50. The second kappa shape index (κ2) is 6.27. The van der Waals surface area contributed by atoms with Crippen LogP contribution in [-0.2, 0) is 19.4 Å². The first kappa shape index (κ1) is 17.1. The molecule has 0 spiro atoms. The first-order valence-electron chi connectivity index (χ1n) is 7.39. The topological polar surface area (TPSA) is 83.5 Å². The molecule has 1 amide bonds. The van der Waals surface area contributed by atoms with Crippen molar-refractivity contribution in [2.24, 2.45) is 0 Å². The summed E-state index contributed by atoms with van der Waals surface area (Å²) in [7, 11) is -3.50. The predicted octanol–water partition coefficient (Wildman–Crippen LogP) is 2.85. The van der Waals surface area contributed by atoms with Gasteiger partial charge in [-0.1, -0.05) is 12.1 Å². The van der Waals surface area contributed by atoms with Gasteiger partial charge in [0.25, 0.3) is 0 Å². The molecule has 1 aromatic heterocycles. The fourth-order valence-electron chi connectivity index (χ4n) is 3.11. The van der Waals surface area contributed by atoms with Crippen molar-refractivity contribution in [1.82, 2.24) is 5.48 Å². The summed E-state index contributed by atoms with van der Waals surface area (Å²) in [4.78, 5) is 13.1. The number of hydrogen-bond donors (Lipinski definition) is 2. The molecule has 5 nitrogen and oxygen atoms in total. The van der Waals surface area contributed by atoms with E-state index in [1.807, 2.05) is 0 Å². The lowest BCUT2D eigenvalue weighted by molar-refractivity contribution is -0.129. The Morgan fingerprint density at radius 1 is 1.25 bits per heavy atom. The Balaban J connectivity index is 2.04. The molecular formula is C16H16FNO4S2. The molecule has 8 heteroatoms. The fourth-order valence-corrected chi connectivity index (χ4v) is 6.84. The van der Waals surface area contributed by atoms with Crippen LogP contribution < -0.4 is 5.48 Å². The van der Waals surface area contributed by atoms with Crippen LogP contribution in [0.3, 0.4) is 0 Å². The van der Waals surface area contributed by atoms with E-state index in [1.165, 1.54) is 28.9 Å². The van der Waals surface area contributed by atoms with E-state index in [1.54, 1.807) is 24.3 Å². The van der Waals surface area contributed by atoms with Crippen LogP contribution in [0.15, 0.2) is 36.4 Å². The van der Waals surface area contributed by atoms with E-state index in [4.69, 9.17) is 5.21 Å². The highest BCUT2D eigenvalue weighted by Crippen LogP contribution is 2.48. The van der Waals surface area contributed by atoms with Crippen LogP contribution in [0.1, 0.15) is 24.1 Å². The number of sulfone groups is 1. The van der Waals surface area contributed by atoms with Crippen LogP contribution in [0.4, 0.5) is 4.39 Å². The molecule has 0 saturated carbocycles. The third-order valence-corrected chi connectivity index (χ3v) is 8.40. The summed E-state index contributed by atoms with van der Waals surface area (Å²) in [5, 5.41) is 8.81. The minimum Gasteiger partial charge on any atom is -0.289 e. The third kappa shape index (κ3) is 2.85. The summed E-state index contributed by atoms with van der Waals surface area (Å²) in [6.07, 6.45) is 0.506. The Morgan fingerprint density at radius 2 is 1.96 bits per heavy atom. The van der Waals surface area contributed by atoms with Crippen molar-refractivity contribution in [2.45, 2.75) is 24.0 Å². The fraction of sp³-hybridized carbons (Fsp3) is 0.312. The maximum atomic E-state index is 13.1. The van der Waals surface area contributed by atoms with Crippen molar-refractivity contribution in [3.63, 3.8) is 0 Å². The number of hydroxylamine groups is 1. The van der Waals surface area contributed by atoms with Crippen molar-refractivity contribution >= 4 is 27.1 Å². The first-order valence-corrected chi connectivity index (χ1v) is 9.86. The lowest BCUT2D eigenvalue weighted by Crippen LogP contribution is -2.37. The molecule has 0 unspecified atom stereocenters. The zero-order valence-electron chi connectivity index (χ0n) is 12.7. The molecule has 2 heterocycles. The van der Waals surface area contributed by atoms with Crippen LogP contribution in [0, 0.1) is 5.82 Å². The van der Waals surface area contributed by atoms with Crippen LogP contribution in [-0.4, -0.2) is 25.3 Å². The van der Waals surface area contributed by atoms with E-state index in [-0.39, 0.29) is 18.0 Å². The van der Waals surface area contributed by atoms with E-state index in [0.29, 0.717) is 17.7 Å². The second-order valence-electron chi connectivity index (χ2n) is 5.80. The van der Waals surface area contributed by atoms with E-state index >= 15 is 0 Å². The van der Waals surface area contributed by atoms with Crippen molar-refractivity contribution in [3.05, 3.63) is 47.1 Å². The maximum Gasteiger partial charge on any atom is 0.245 e. The summed E-state index contributed by atoms with van der Waals surface area (Å²) < 4.78 is 37.0. The van der Waals surface area contributed by atoms with E-state index in [0.717, 1.165) is 10.4 Å². The summed E-state index contributed by atoms with van der Waals surface area (Å²) in [6, 6.07) is 9.42. The maximum absolute atomic E-state index is 13.1. The second-order valence-corrected chi connectivity index (χ2v) is 9.30. The number of benzene rings is 1. The zero-order valence-corrected chi connectivity index (χ0v) is 14.3. The van der Waals surface area contributed by atoms with Crippen molar-refractivity contribution in [2.75, 3.05) is 5.75 Å². The van der Waals surface area contributed by atoms with Gasteiger partial charge in [0.15, 0.2) is 9.84 Å². The predicted molar refractivity (Wildman–Crippen MR) is 89.0 cm³/mol. The van der Waals surface area contributed by atoms with Gasteiger partial charge in [-0.15, -0.1) is 11.3 Å². The van der Waals surface area contributed by atoms with Gasteiger partial charge in [0.1, 0.15) is 10.6 Å². The Labute approximate surface area is 143 Å². The Morgan fingerprint density at radius 3 is 2.54 bits per heavy atom. The number of hydrogen-bond acceptors (Lipinski definition) is 5. The summed E-state index contributed by atoms with van der Waals surface area (Å²) in [5.41, 5.74) is 2.31. The molecule has 1 saturated heterocycles. The first-order chi connectivity index (χ1) is 11.4. The van der Waals surface area contributed by atoms with Crippen LogP contribution in [0.5, 0.6) is 0 Å². The Kier molecular flexibility index (Phi) is 4.46. The van der Waals surface area contributed by atoms with Crippen LogP contribution in [0.2, 0.25) is 0 Å². The lowest BCUT2D eigenvalue weighted by atomic mass is 9.97. The molecule has 1 aliphatic rings. The van der Waals surface area contributed by atoms with Gasteiger partial charge in [-0.05, 0) is 42.7 Å². The van der Waals surface area contributed by atoms with E-state index in [9.17, 15) is 17.6 Å². The number of thiophene rings is 1. The highest BCUT2D eigenvalue weighted by atomic mass is 32.2. The van der Waals surface area contributed by atoms with Gasteiger partial charge in [-0.2, -0.15) is 0 Å². The number of carbonyl (C=O) groups is 1. The van der Waals surface area contributed by atoms with Crippen LogP contribution in [0.25, 0.3) is 10.4 Å². The van der Waals surface area contributed by atoms with E-state index in [2.05, 4.69) is 0 Å². The summed E-state index contributed by atoms with van der Waals surface area (Å²) in [6.45, 7) is 0. The molecule has 1 aromatic carbocycles. The molecule has 0 bridgehead atoms. The number of carbonyl (C=O) groups excluding carboxylic acids is 1.